The van der Waals surface area contributed by atoms with Crippen molar-refractivity contribution in [3.05, 3.63) is 97.2 Å². The maximum Gasteiger partial charge on any atom is 0.196 e. The highest BCUT2D eigenvalue weighted by Gasteiger charge is 2.22. The summed E-state index contributed by atoms with van der Waals surface area (Å²) in [7, 11) is 0. The maximum atomic E-state index is 5.27. The van der Waals surface area contributed by atoms with Gasteiger partial charge in [-0.25, -0.2) is 15.0 Å². The zero-order valence-electron chi connectivity index (χ0n) is 18.3. The minimum atomic E-state index is 0.755. The van der Waals surface area contributed by atoms with Crippen molar-refractivity contribution < 1.29 is 0 Å². The number of hydrogen-bond donors (Lipinski definition) is 0. The lowest BCUT2D eigenvalue weighted by Crippen LogP contribution is -1.99. The first-order valence-corrected chi connectivity index (χ1v) is 12.2. The second-order valence-electron chi connectivity index (χ2n) is 8.43. The third-order valence-electron chi connectivity index (χ3n) is 6.42. The van der Waals surface area contributed by atoms with Crippen LogP contribution in [0, 0.1) is 0 Å². The van der Waals surface area contributed by atoms with E-state index in [0.29, 0.717) is 0 Å². The SMILES string of the molecule is c1ccc(-n2c3ccccc3c3nc4c5ncccc5n(-c5nc6ccccc6s5)c4nc32)cc1. The molecule has 8 rings (SSSR count). The summed E-state index contributed by atoms with van der Waals surface area (Å²) in [6, 6.07) is 30.8. The van der Waals surface area contributed by atoms with E-state index < -0.39 is 0 Å². The molecule has 0 bridgehead atoms. The molecule has 5 heterocycles. The molecule has 0 aliphatic rings. The summed E-state index contributed by atoms with van der Waals surface area (Å²) in [6.07, 6.45) is 1.81. The van der Waals surface area contributed by atoms with Crippen molar-refractivity contribution in [2.45, 2.75) is 0 Å². The quantitative estimate of drug-likeness (QED) is 0.284. The highest BCUT2D eigenvalue weighted by atomic mass is 32.1. The Hall–Kier alpha value is -4.62. The zero-order valence-corrected chi connectivity index (χ0v) is 19.1. The molecular weight excluding hydrogens is 452 g/mol. The van der Waals surface area contributed by atoms with Crippen LogP contribution in [0.3, 0.4) is 0 Å². The van der Waals surface area contributed by atoms with E-state index in [1.807, 2.05) is 54.7 Å². The second kappa shape index (κ2) is 6.94. The van der Waals surface area contributed by atoms with Crippen LogP contribution in [-0.2, 0) is 0 Å². The number of thiazole rings is 1. The first kappa shape index (κ1) is 18.8. The van der Waals surface area contributed by atoms with Gasteiger partial charge in [0.2, 0.25) is 0 Å². The van der Waals surface area contributed by atoms with Gasteiger partial charge in [-0.05, 0) is 42.5 Å². The van der Waals surface area contributed by atoms with Crippen molar-refractivity contribution >= 4 is 65.8 Å². The second-order valence-corrected chi connectivity index (χ2v) is 9.44. The Kier molecular flexibility index (Phi) is 3.72. The summed E-state index contributed by atoms with van der Waals surface area (Å²) in [4.78, 5) is 20.1. The minimum Gasteiger partial charge on any atom is -0.292 e. The van der Waals surface area contributed by atoms with Gasteiger partial charge < -0.3 is 0 Å². The molecule has 35 heavy (non-hydrogen) atoms. The van der Waals surface area contributed by atoms with Crippen LogP contribution in [0.2, 0.25) is 0 Å². The Morgan fingerprint density at radius 1 is 0.571 bits per heavy atom. The fourth-order valence-corrected chi connectivity index (χ4v) is 5.90. The third-order valence-corrected chi connectivity index (χ3v) is 7.44. The van der Waals surface area contributed by atoms with E-state index in [0.717, 1.165) is 65.3 Å². The van der Waals surface area contributed by atoms with Crippen LogP contribution in [0.25, 0.3) is 65.3 Å². The van der Waals surface area contributed by atoms with E-state index in [4.69, 9.17) is 19.9 Å². The molecule has 8 aromatic rings. The summed E-state index contributed by atoms with van der Waals surface area (Å²) in [5, 5.41) is 1.92. The fourth-order valence-electron chi connectivity index (χ4n) is 4.91. The molecule has 0 saturated carbocycles. The number of hydrogen-bond acceptors (Lipinski definition) is 5. The van der Waals surface area contributed by atoms with Crippen molar-refractivity contribution in [3.8, 4) is 10.8 Å². The molecule has 6 nitrogen and oxygen atoms in total. The first-order chi connectivity index (χ1) is 17.4. The van der Waals surface area contributed by atoms with E-state index >= 15 is 0 Å². The van der Waals surface area contributed by atoms with Crippen molar-refractivity contribution in [2.75, 3.05) is 0 Å². The van der Waals surface area contributed by atoms with Gasteiger partial charge in [0.25, 0.3) is 0 Å². The van der Waals surface area contributed by atoms with Crippen LogP contribution < -0.4 is 0 Å². The normalized spacial score (nSPS) is 12.0. The number of fused-ring (bicyclic) bond motifs is 7. The molecular formula is C28H16N6S. The predicted octanol–water partition coefficient (Wildman–Crippen LogP) is 6.68. The molecule has 0 N–H and O–H groups in total. The van der Waals surface area contributed by atoms with E-state index in [1.54, 1.807) is 11.3 Å². The lowest BCUT2D eigenvalue weighted by atomic mass is 10.2. The van der Waals surface area contributed by atoms with Crippen molar-refractivity contribution in [2.24, 2.45) is 0 Å². The van der Waals surface area contributed by atoms with E-state index in [2.05, 4.69) is 51.6 Å². The Bertz CT molecular complexity index is 2030. The van der Waals surface area contributed by atoms with Crippen molar-refractivity contribution in [1.29, 1.82) is 0 Å². The molecule has 7 heteroatoms. The lowest BCUT2D eigenvalue weighted by molar-refractivity contribution is 1.09. The number of pyridine rings is 1. The van der Waals surface area contributed by atoms with Gasteiger partial charge in [-0.1, -0.05) is 59.9 Å². The zero-order chi connectivity index (χ0) is 22.9. The summed E-state index contributed by atoms with van der Waals surface area (Å²) in [5.41, 5.74) is 8.09. The number of aromatic nitrogens is 6. The molecule has 3 aromatic carbocycles. The molecule has 0 atom stereocenters. The first-order valence-electron chi connectivity index (χ1n) is 11.3. The molecule has 0 spiro atoms. The molecule has 0 aliphatic heterocycles. The smallest absolute Gasteiger partial charge is 0.196 e. The molecule has 0 fully saturated rings. The summed E-state index contributed by atoms with van der Waals surface area (Å²) < 4.78 is 5.42. The van der Waals surface area contributed by atoms with Crippen LogP contribution in [0.1, 0.15) is 0 Å². The van der Waals surface area contributed by atoms with Crippen molar-refractivity contribution in [1.82, 2.24) is 29.1 Å². The van der Waals surface area contributed by atoms with Gasteiger partial charge in [0.1, 0.15) is 16.6 Å². The molecule has 0 saturated heterocycles. The topological polar surface area (TPSA) is 61.4 Å². The fraction of sp³-hybridized carbons (Fsp3) is 0. The van der Waals surface area contributed by atoms with Crippen molar-refractivity contribution in [3.63, 3.8) is 0 Å². The molecule has 0 amide bonds. The highest BCUT2D eigenvalue weighted by molar-refractivity contribution is 7.20. The Balaban J connectivity index is 1.57. The molecule has 5 aromatic heterocycles. The monoisotopic (exact) mass is 468 g/mol. The maximum absolute atomic E-state index is 5.27. The molecule has 164 valence electrons. The van der Waals surface area contributed by atoms with Gasteiger partial charge >= 0.3 is 0 Å². The predicted molar refractivity (Wildman–Crippen MR) is 142 cm³/mol. The average Bonchev–Trinajstić information content (AvgIpc) is 3.57. The lowest BCUT2D eigenvalue weighted by Gasteiger charge is -2.07. The summed E-state index contributed by atoms with van der Waals surface area (Å²) in [6.45, 7) is 0. The van der Waals surface area contributed by atoms with Gasteiger partial charge in [-0.2, -0.15) is 0 Å². The van der Waals surface area contributed by atoms with Gasteiger partial charge in [-0.3, -0.25) is 14.1 Å². The van der Waals surface area contributed by atoms with Crippen LogP contribution >= 0.6 is 11.3 Å². The van der Waals surface area contributed by atoms with Crippen LogP contribution in [0.4, 0.5) is 0 Å². The van der Waals surface area contributed by atoms with E-state index in [1.165, 1.54) is 0 Å². The van der Waals surface area contributed by atoms with E-state index in [9.17, 15) is 0 Å². The average molecular weight is 469 g/mol. The number of rotatable bonds is 2. The number of nitrogens with zero attached hydrogens (tertiary/aromatic N) is 6. The number of benzene rings is 3. The largest absolute Gasteiger partial charge is 0.292 e. The number of para-hydroxylation sites is 3. The molecule has 0 aliphatic carbocycles. The third kappa shape index (κ3) is 2.58. The summed E-state index contributed by atoms with van der Waals surface area (Å²) in [5.74, 6) is 0. The van der Waals surface area contributed by atoms with Gasteiger partial charge in [0.05, 0.1) is 21.3 Å². The minimum absolute atomic E-state index is 0.755. The Morgan fingerprint density at radius 2 is 1.34 bits per heavy atom. The van der Waals surface area contributed by atoms with Gasteiger partial charge in [0.15, 0.2) is 16.4 Å². The van der Waals surface area contributed by atoms with Crippen LogP contribution in [-0.4, -0.2) is 29.1 Å². The van der Waals surface area contributed by atoms with Crippen LogP contribution in [0.15, 0.2) is 97.2 Å². The highest BCUT2D eigenvalue weighted by Crippen LogP contribution is 2.36. The standard InChI is InChI=1S/C28H16N6S/c1-2-9-17(10-3-1)33-20-13-6-4-11-18(20)23-26(33)32-27-25(31-23)24-21(14-8-16-29-24)34(27)28-30-19-12-5-7-15-22(19)35-28/h1-16H. The van der Waals surface area contributed by atoms with Gasteiger partial charge in [-0.15, -0.1) is 0 Å². The molecule has 0 unspecified atom stereocenters. The summed E-state index contributed by atoms with van der Waals surface area (Å²) >= 11 is 1.65. The Morgan fingerprint density at radius 3 is 2.26 bits per heavy atom. The molecule has 0 radical (unpaired) electrons. The van der Waals surface area contributed by atoms with Gasteiger partial charge in [0, 0.05) is 17.3 Å². The Labute approximate surface area is 202 Å². The van der Waals surface area contributed by atoms with E-state index in [-0.39, 0.29) is 0 Å². The van der Waals surface area contributed by atoms with Crippen LogP contribution in [0.5, 0.6) is 0 Å².